The number of carbonyl (C=O) groups excluding carboxylic acids is 3. The summed E-state index contributed by atoms with van der Waals surface area (Å²) in [6.45, 7) is 1.89. The minimum atomic E-state index is -0.916. The van der Waals surface area contributed by atoms with Crippen molar-refractivity contribution in [2.45, 2.75) is 13.5 Å². The fourth-order valence-electron chi connectivity index (χ4n) is 3.00. The third-order valence-corrected chi connectivity index (χ3v) is 5.10. The van der Waals surface area contributed by atoms with Crippen molar-refractivity contribution >= 4 is 41.2 Å². The summed E-state index contributed by atoms with van der Waals surface area (Å²) in [6.07, 6.45) is 1.30. The monoisotopic (exact) mass is 508 g/mol. The van der Waals surface area contributed by atoms with Crippen LogP contribution in [0.25, 0.3) is 0 Å². The van der Waals surface area contributed by atoms with Gasteiger partial charge in [-0.25, -0.2) is 5.43 Å². The smallest absolute Gasteiger partial charge is 0.329 e. The Morgan fingerprint density at radius 3 is 2.42 bits per heavy atom. The quantitative estimate of drug-likeness (QED) is 0.232. The molecule has 0 saturated heterocycles. The molecule has 36 heavy (non-hydrogen) atoms. The lowest BCUT2D eigenvalue weighted by molar-refractivity contribution is -0.139. The lowest BCUT2D eigenvalue weighted by Gasteiger charge is -2.13. The Balaban J connectivity index is 1.53. The van der Waals surface area contributed by atoms with E-state index in [0.29, 0.717) is 11.3 Å². The summed E-state index contributed by atoms with van der Waals surface area (Å²) in [4.78, 5) is 36.1. The Morgan fingerprint density at radius 1 is 1.00 bits per heavy atom. The lowest BCUT2D eigenvalue weighted by atomic mass is 10.1. The fraction of sp³-hybridized carbons (Fsp3) is 0.154. The van der Waals surface area contributed by atoms with Crippen LogP contribution >= 0.6 is 11.6 Å². The fourth-order valence-corrected chi connectivity index (χ4v) is 3.27. The molecule has 0 aliphatic heterocycles. The maximum absolute atomic E-state index is 12.2. The highest BCUT2D eigenvalue weighted by atomic mass is 35.5. The number of hydrazone groups is 1. The number of nitrogens with zero attached hydrogens (tertiary/aromatic N) is 1. The van der Waals surface area contributed by atoms with E-state index >= 15 is 0 Å². The Labute approximate surface area is 213 Å². The first-order chi connectivity index (χ1) is 17.4. The van der Waals surface area contributed by atoms with E-state index in [9.17, 15) is 14.4 Å². The molecule has 0 spiro atoms. The number of aryl methyl sites for hydroxylation is 1. The number of halogens is 1. The second-order valence-corrected chi connectivity index (χ2v) is 8.01. The molecule has 0 radical (unpaired) electrons. The Hall–Kier alpha value is -4.37. The van der Waals surface area contributed by atoms with Crippen molar-refractivity contribution in [2.24, 2.45) is 5.10 Å². The van der Waals surface area contributed by atoms with E-state index in [0.717, 1.165) is 11.1 Å². The number of hydrogen-bond acceptors (Lipinski definition) is 6. The van der Waals surface area contributed by atoms with Crippen molar-refractivity contribution in [3.8, 4) is 11.5 Å². The molecule has 3 aromatic rings. The van der Waals surface area contributed by atoms with Crippen molar-refractivity contribution in [1.29, 1.82) is 0 Å². The van der Waals surface area contributed by atoms with Crippen LogP contribution in [0.1, 0.15) is 16.7 Å². The topological polar surface area (TPSA) is 118 Å². The number of hydrogen-bond donors (Lipinski definition) is 3. The predicted octanol–water partition coefficient (Wildman–Crippen LogP) is 3.44. The molecule has 3 amide bonds. The zero-order valence-corrected chi connectivity index (χ0v) is 20.5. The zero-order chi connectivity index (χ0) is 25.9. The summed E-state index contributed by atoms with van der Waals surface area (Å²) in [5.41, 5.74) is 5.24. The number of amides is 3. The third kappa shape index (κ3) is 7.85. The van der Waals surface area contributed by atoms with Crippen LogP contribution < -0.4 is 25.5 Å². The van der Waals surface area contributed by atoms with Crippen molar-refractivity contribution in [2.75, 3.05) is 19.0 Å². The molecule has 3 rings (SSSR count). The molecule has 0 bridgehead atoms. The standard InChI is InChI=1S/C26H25ClN4O5/c1-17-8-10-18(11-9-17)14-28-25(33)26(34)31-29-15-19-12-21(27)24(22(13-19)35-2)36-16-23(32)30-20-6-4-3-5-7-20/h3-13,15H,14,16H2,1-2H3,(H,28,33)(H,30,32)(H,31,34)/b29-15-. The van der Waals surface area contributed by atoms with Crippen molar-refractivity contribution < 1.29 is 23.9 Å². The number of ether oxygens (including phenoxy) is 2. The largest absolute Gasteiger partial charge is 0.493 e. The summed E-state index contributed by atoms with van der Waals surface area (Å²) in [5, 5.41) is 9.20. The van der Waals surface area contributed by atoms with Crippen LogP contribution in [0.4, 0.5) is 5.69 Å². The molecule has 0 aliphatic rings. The second kappa shape index (κ2) is 12.9. The summed E-state index contributed by atoms with van der Waals surface area (Å²) in [7, 11) is 1.42. The normalized spacial score (nSPS) is 10.5. The van der Waals surface area contributed by atoms with Crippen molar-refractivity contribution in [3.63, 3.8) is 0 Å². The van der Waals surface area contributed by atoms with Crippen molar-refractivity contribution in [3.05, 3.63) is 88.4 Å². The van der Waals surface area contributed by atoms with Gasteiger partial charge in [-0.05, 0) is 42.3 Å². The first-order valence-corrected chi connectivity index (χ1v) is 11.3. The van der Waals surface area contributed by atoms with Gasteiger partial charge in [0.1, 0.15) is 0 Å². The van der Waals surface area contributed by atoms with Gasteiger partial charge in [0.15, 0.2) is 18.1 Å². The van der Waals surface area contributed by atoms with E-state index in [1.54, 1.807) is 30.3 Å². The summed E-state index contributed by atoms with van der Waals surface area (Å²) in [6, 6.07) is 19.6. The van der Waals surface area contributed by atoms with Crippen LogP contribution in [0.3, 0.4) is 0 Å². The van der Waals surface area contributed by atoms with Crippen LogP contribution in [0.15, 0.2) is 71.8 Å². The van der Waals surface area contributed by atoms with E-state index < -0.39 is 11.8 Å². The molecule has 0 unspecified atom stereocenters. The number of carbonyl (C=O) groups is 3. The van der Waals surface area contributed by atoms with Gasteiger partial charge >= 0.3 is 11.8 Å². The molecule has 0 saturated carbocycles. The molecule has 0 aliphatic carbocycles. The highest BCUT2D eigenvalue weighted by Gasteiger charge is 2.15. The van der Waals surface area contributed by atoms with Crippen molar-refractivity contribution in [1.82, 2.24) is 10.7 Å². The number of benzene rings is 3. The van der Waals surface area contributed by atoms with E-state index in [-0.39, 0.29) is 35.6 Å². The van der Waals surface area contributed by atoms with E-state index in [1.807, 2.05) is 37.3 Å². The molecule has 0 fully saturated rings. The Bertz CT molecular complexity index is 1250. The highest BCUT2D eigenvalue weighted by Crippen LogP contribution is 2.36. The number of anilines is 1. The average Bonchev–Trinajstić information content (AvgIpc) is 2.87. The van der Waals surface area contributed by atoms with E-state index in [4.69, 9.17) is 21.1 Å². The maximum Gasteiger partial charge on any atom is 0.329 e. The van der Waals surface area contributed by atoms with Gasteiger partial charge in [0.25, 0.3) is 5.91 Å². The van der Waals surface area contributed by atoms with Crippen LogP contribution in [0.5, 0.6) is 11.5 Å². The summed E-state index contributed by atoms with van der Waals surface area (Å²) in [5.74, 6) is -1.66. The first kappa shape index (κ1) is 26.2. The third-order valence-electron chi connectivity index (χ3n) is 4.82. The molecule has 0 heterocycles. The van der Waals surface area contributed by atoms with Crippen LogP contribution in [-0.4, -0.2) is 37.7 Å². The SMILES string of the molecule is COc1cc(/C=N\NC(=O)C(=O)NCc2ccc(C)cc2)cc(Cl)c1OCC(=O)Nc1ccccc1. The molecule has 9 nitrogen and oxygen atoms in total. The van der Waals surface area contributed by atoms with Gasteiger partial charge in [0.05, 0.1) is 18.3 Å². The van der Waals surface area contributed by atoms with Gasteiger partial charge in [-0.15, -0.1) is 0 Å². The molecule has 186 valence electrons. The van der Waals surface area contributed by atoms with Gasteiger partial charge in [-0.3, -0.25) is 14.4 Å². The van der Waals surface area contributed by atoms with Gasteiger partial charge in [0.2, 0.25) is 0 Å². The molecule has 0 aromatic heterocycles. The van der Waals surface area contributed by atoms with Gasteiger partial charge in [0, 0.05) is 12.2 Å². The van der Waals surface area contributed by atoms with Crippen LogP contribution in [0, 0.1) is 6.92 Å². The number of nitrogens with one attached hydrogen (secondary N) is 3. The minimum Gasteiger partial charge on any atom is -0.493 e. The molecule has 3 aromatic carbocycles. The number of rotatable bonds is 9. The summed E-state index contributed by atoms with van der Waals surface area (Å²) < 4.78 is 10.9. The van der Waals surface area contributed by atoms with Crippen LogP contribution in [0.2, 0.25) is 5.02 Å². The molecule has 0 atom stereocenters. The molecular weight excluding hydrogens is 484 g/mol. The number of methoxy groups -OCH3 is 1. The first-order valence-electron chi connectivity index (χ1n) is 10.9. The lowest BCUT2D eigenvalue weighted by Crippen LogP contribution is -2.37. The predicted molar refractivity (Wildman–Crippen MR) is 137 cm³/mol. The van der Waals surface area contributed by atoms with E-state index in [2.05, 4.69) is 21.2 Å². The minimum absolute atomic E-state index is 0.172. The Kier molecular flexibility index (Phi) is 9.41. The maximum atomic E-state index is 12.2. The van der Waals surface area contributed by atoms with Crippen LogP contribution in [-0.2, 0) is 20.9 Å². The molecule has 10 heteroatoms. The molecular formula is C26H25ClN4O5. The Morgan fingerprint density at radius 2 is 1.72 bits per heavy atom. The average molecular weight is 509 g/mol. The van der Waals surface area contributed by atoms with Gasteiger partial charge in [-0.1, -0.05) is 59.6 Å². The van der Waals surface area contributed by atoms with E-state index in [1.165, 1.54) is 19.4 Å². The highest BCUT2D eigenvalue weighted by molar-refractivity contribution is 6.35. The summed E-state index contributed by atoms with van der Waals surface area (Å²) >= 11 is 6.31. The zero-order valence-electron chi connectivity index (χ0n) is 19.7. The van der Waals surface area contributed by atoms with Gasteiger partial charge < -0.3 is 20.1 Å². The second-order valence-electron chi connectivity index (χ2n) is 7.60. The van der Waals surface area contributed by atoms with Gasteiger partial charge in [-0.2, -0.15) is 5.10 Å². The number of para-hydroxylation sites is 1. The molecule has 3 N–H and O–H groups in total.